The van der Waals surface area contributed by atoms with Crippen LogP contribution in [0, 0.1) is 17.8 Å². The molecule has 1 aromatic heterocycles. The average Bonchev–Trinajstić information content (AvgIpc) is 3.67. The van der Waals surface area contributed by atoms with E-state index in [1.165, 1.54) is 6.92 Å². The third kappa shape index (κ3) is 7.71. The number of ether oxygens (including phenoxy) is 2. The Labute approximate surface area is 300 Å². The summed E-state index contributed by atoms with van der Waals surface area (Å²) in [5, 5.41) is 3.86. The number of cyclic esters (lactones) is 1. The van der Waals surface area contributed by atoms with Gasteiger partial charge >= 0.3 is 5.97 Å². The number of aromatic nitrogens is 1. The molecular formula is C41H50N4O6. The van der Waals surface area contributed by atoms with E-state index in [1.54, 1.807) is 11.0 Å². The second kappa shape index (κ2) is 15.0. The van der Waals surface area contributed by atoms with E-state index in [0.717, 1.165) is 47.0 Å². The predicted molar refractivity (Wildman–Crippen MR) is 196 cm³/mol. The highest BCUT2D eigenvalue weighted by Crippen LogP contribution is 2.45. The number of fused-ring (bicyclic) bond motifs is 3. The second-order valence-electron chi connectivity index (χ2n) is 15.0. The first-order chi connectivity index (χ1) is 24.4. The third-order valence-electron chi connectivity index (χ3n) is 11.0. The molecule has 2 aliphatic heterocycles. The Morgan fingerprint density at radius 3 is 2.55 bits per heavy atom. The van der Waals surface area contributed by atoms with Gasteiger partial charge in [-0.15, -0.1) is 6.58 Å². The lowest BCUT2D eigenvalue weighted by molar-refractivity contribution is -0.152. The maximum atomic E-state index is 14.5. The van der Waals surface area contributed by atoms with Gasteiger partial charge in [0.1, 0.15) is 30.0 Å². The zero-order valence-electron chi connectivity index (χ0n) is 30.4. The molecule has 4 bridgehead atoms. The van der Waals surface area contributed by atoms with Gasteiger partial charge in [-0.1, -0.05) is 56.3 Å². The van der Waals surface area contributed by atoms with Gasteiger partial charge in [-0.25, -0.2) is 4.98 Å². The Bertz CT molecular complexity index is 1810. The lowest BCUT2D eigenvalue weighted by Crippen LogP contribution is -2.53. The summed E-state index contributed by atoms with van der Waals surface area (Å²) in [4.78, 5) is 63.2. The molecule has 2 aromatic carbocycles. The number of hydrogen-bond donors (Lipinski definition) is 1. The number of aryl methyl sites for hydroxylation is 1. The van der Waals surface area contributed by atoms with E-state index in [4.69, 9.17) is 14.5 Å². The quantitative estimate of drug-likeness (QED) is 0.259. The molecule has 2 unspecified atom stereocenters. The highest BCUT2D eigenvalue weighted by atomic mass is 16.5. The maximum absolute atomic E-state index is 14.5. The van der Waals surface area contributed by atoms with Crippen LogP contribution in [-0.4, -0.2) is 89.3 Å². The highest BCUT2D eigenvalue weighted by Gasteiger charge is 2.58. The standard InChI is InChI=1S/C41H50N4O6/c1-7-29-22-41(29,26(4)46)43-39(48)36-19-31-23-45(36)40(49)32(25(2)3)20-38(47)50-24-30(44(5)6)15-11-12-27-16-17-34-33(18-27)37(51-31)21-35(42-34)28-13-9-8-10-14-28/h7-10,13-14,16-18,21,25,29-32,36H,1,11-12,15,19-20,22-24H2,2-6H3,(H,43,48)/t29-,30?,31-,32?,36+,41+/m1/s1. The number of amides is 2. The second-order valence-corrected chi connectivity index (χ2v) is 15.0. The molecule has 3 aliphatic rings. The van der Waals surface area contributed by atoms with Crippen LogP contribution >= 0.6 is 0 Å². The highest BCUT2D eigenvalue weighted by molar-refractivity contribution is 5.98. The van der Waals surface area contributed by atoms with Gasteiger partial charge in [0.25, 0.3) is 0 Å². The first-order valence-corrected chi connectivity index (χ1v) is 18.1. The molecule has 3 aromatic rings. The van der Waals surface area contributed by atoms with Crippen LogP contribution in [0.5, 0.6) is 5.75 Å². The van der Waals surface area contributed by atoms with Crippen LogP contribution in [0.2, 0.25) is 0 Å². The molecule has 6 rings (SSSR count). The first kappa shape index (κ1) is 36.2. The van der Waals surface area contributed by atoms with E-state index < -0.39 is 35.5 Å². The summed E-state index contributed by atoms with van der Waals surface area (Å²) >= 11 is 0. The van der Waals surface area contributed by atoms with Crippen LogP contribution < -0.4 is 10.1 Å². The van der Waals surface area contributed by atoms with Gasteiger partial charge in [-0.05, 0) is 70.3 Å². The summed E-state index contributed by atoms with van der Waals surface area (Å²) in [7, 11) is 3.95. The summed E-state index contributed by atoms with van der Waals surface area (Å²) in [6.45, 7) is 9.48. The number of nitrogens with zero attached hydrogens (tertiary/aromatic N) is 3. The fourth-order valence-corrected chi connectivity index (χ4v) is 7.60. The average molecular weight is 695 g/mol. The molecule has 10 heteroatoms. The van der Waals surface area contributed by atoms with E-state index in [9.17, 15) is 19.2 Å². The molecule has 3 heterocycles. The molecule has 2 fully saturated rings. The Hall–Kier alpha value is -4.57. The van der Waals surface area contributed by atoms with Crippen molar-refractivity contribution in [1.82, 2.24) is 20.1 Å². The minimum absolute atomic E-state index is 0.0123. The Morgan fingerprint density at radius 1 is 1.12 bits per heavy atom. The van der Waals surface area contributed by atoms with Gasteiger partial charge in [0.2, 0.25) is 11.8 Å². The minimum Gasteiger partial charge on any atom is -0.488 e. The molecule has 1 saturated heterocycles. The minimum atomic E-state index is -1.02. The Morgan fingerprint density at radius 2 is 1.88 bits per heavy atom. The number of carbonyl (C=O) groups excluding carboxylic acids is 4. The van der Waals surface area contributed by atoms with Gasteiger partial charge in [0.05, 0.1) is 30.1 Å². The number of benzene rings is 2. The van der Waals surface area contributed by atoms with Gasteiger partial charge in [-0.2, -0.15) is 0 Å². The summed E-state index contributed by atoms with van der Waals surface area (Å²) in [6, 6.07) is 17.2. The fraction of sp³-hybridized carbons (Fsp3) is 0.488. The number of pyridine rings is 1. The van der Waals surface area contributed by atoms with Gasteiger partial charge < -0.3 is 24.6 Å². The van der Waals surface area contributed by atoms with Crippen molar-refractivity contribution in [2.24, 2.45) is 17.8 Å². The van der Waals surface area contributed by atoms with Crippen LogP contribution in [0.15, 0.2) is 67.3 Å². The molecule has 1 N–H and O–H groups in total. The normalized spacial score (nSPS) is 27.1. The number of ketones is 1. The number of hydrogen-bond acceptors (Lipinski definition) is 8. The summed E-state index contributed by atoms with van der Waals surface area (Å²) < 4.78 is 12.6. The van der Waals surface area contributed by atoms with Crippen LogP contribution in [-0.2, 0) is 30.3 Å². The van der Waals surface area contributed by atoms with Crippen molar-refractivity contribution in [3.05, 3.63) is 72.8 Å². The molecule has 10 nitrogen and oxygen atoms in total. The van der Waals surface area contributed by atoms with Crippen molar-refractivity contribution >= 4 is 34.5 Å². The largest absolute Gasteiger partial charge is 0.488 e. The Balaban J connectivity index is 1.41. The molecule has 1 aliphatic carbocycles. The summed E-state index contributed by atoms with van der Waals surface area (Å²) in [6.07, 6.45) is 4.27. The lowest BCUT2D eigenvalue weighted by atomic mass is 9.90. The molecule has 51 heavy (non-hydrogen) atoms. The van der Waals surface area contributed by atoms with Crippen LogP contribution in [0.25, 0.3) is 22.2 Å². The Kier molecular flexibility index (Phi) is 10.6. The molecular weight excluding hydrogens is 644 g/mol. The van der Waals surface area contributed by atoms with Gasteiger partial charge in [0, 0.05) is 35.4 Å². The molecule has 270 valence electrons. The number of likely N-dealkylation sites (N-methyl/N-ethyl adjacent to an activating group) is 1. The van der Waals surface area contributed by atoms with E-state index in [0.29, 0.717) is 12.2 Å². The van der Waals surface area contributed by atoms with Gasteiger partial charge in [0.15, 0.2) is 5.78 Å². The first-order valence-electron chi connectivity index (χ1n) is 18.1. The molecule has 0 spiro atoms. The van der Waals surface area contributed by atoms with E-state index in [1.807, 2.05) is 70.4 Å². The van der Waals surface area contributed by atoms with Crippen molar-refractivity contribution in [3.8, 4) is 17.0 Å². The van der Waals surface area contributed by atoms with Crippen molar-refractivity contribution < 1.29 is 28.7 Å². The van der Waals surface area contributed by atoms with Crippen LogP contribution in [0.4, 0.5) is 0 Å². The molecule has 2 amide bonds. The number of esters is 1. The topological polar surface area (TPSA) is 118 Å². The van der Waals surface area contributed by atoms with E-state index in [-0.39, 0.29) is 55.6 Å². The molecule has 0 radical (unpaired) electrons. The van der Waals surface area contributed by atoms with Crippen LogP contribution in [0.1, 0.15) is 58.4 Å². The fourth-order valence-electron chi connectivity index (χ4n) is 7.60. The summed E-state index contributed by atoms with van der Waals surface area (Å²) in [5.74, 6) is -1.75. The van der Waals surface area contributed by atoms with Crippen LogP contribution in [0.3, 0.4) is 0 Å². The lowest BCUT2D eigenvalue weighted by Gasteiger charge is -2.30. The third-order valence-corrected chi connectivity index (χ3v) is 11.0. The molecule has 6 atom stereocenters. The van der Waals surface area contributed by atoms with Crippen molar-refractivity contribution in [1.29, 1.82) is 0 Å². The van der Waals surface area contributed by atoms with Crippen molar-refractivity contribution in [3.63, 3.8) is 0 Å². The van der Waals surface area contributed by atoms with E-state index in [2.05, 4.69) is 28.9 Å². The van der Waals surface area contributed by atoms with Gasteiger partial charge in [-0.3, -0.25) is 19.2 Å². The number of carbonyl (C=O) groups is 4. The van der Waals surface area contributed by atoms with E-state index >= 15 is 0 Å². The number of rotatable bonds is 7. The SMILES string of the molecule is C=C[C@@H]1C[C@]1(NC(=O)[C@@H]1C[C@@H]2CN1C(=O)C(C(C)C)CC(=O)OCC(N(C)C)CCCc1ccc3nc(-c4ccccc4)cc(c3c1)O2)C(C)=O. The number of Topliss-reactive ketones (excluding diaryl/α,β-unsaturated/α-hetero) is 1. The molecule has 1 saturated carbocycles. The summed E-state index contributed by atoms with van der Waals surface area (Å²) in [5.41, 5.74) is 2.60. The predicted octanol–water partition coefficient (Wildman–Crippen LogP) is 5.37. The van der Waals surface area contributed by atoms with Crippen molar-refractivity contribution in [2.45, 2.75) is 83.0 Å². The smallest absolute Gasteiger partial charge is 0.306 e. The zero-order chi connectivity index (χ0) is 36.4. The zero-order valence-corrected chi connectivity index (χ0v) is 30.4. The number of nitrogens with one attached hydrogen (secondary N) is 1. The van der Waals surface area contributed by atoms with Crippen molar-refractivity contribution in [2.75, 3.05) is 27.2 Å². The maximum Gasteiger partial charge on any atom is 0.306 e. The monoisotopic (exact) mass is 694 g/mol.